The first kappa shape index (κ1) is 22.8. The molecule has 4 nitrogen and oxygen atoms in total. The molecule has 1 spiro atoms. The highest BCUT2D eigenvalue weighted by molar-refractivity contribution is 5.95. The van der Waals surface area contributed by atoms with Crippen LogP contribution in [0.25, 0.3) is 11.1 Å². The van der Waals surface area contributed by atoms with E-state index in [0.717, 1.165) is 56.4 Å². The largest absolute Gasteiger partial charge is 0.370 e. The first-order valence-electron chi connectivity index (χ1n) is 12.5. The van der Waals surface area contributed by atoms with Gasteiger partial charge in [0.15, 0.2) is 0 Å². The van der Waals surface area contributed by atoms with E-state index >= 15 is 0 Å². The van der Waals surface area contributed by atoms with E-state index in [0.29, 0.717) is 12.1 Å². The maximum absolute atomic E-state index is 12.9. The van der Waals surface area contributed by atoms with Crippen LogP contribution >= 0.6 is 0 Å². The standard InChI is InChI=1S/C30H34N2O2/c1-23-7-5-10-25(19-23)26-11-6-12-27(20-26)29(33)31-21-28-13-14-30(34-28)15-17-32(18-16-30)22-24-8-3-2-4-9-24/h2-12,19-20,28H,13-18,21-22H2,1H3,(H,31,33)/t28-/m0/s1. The quantitative estimate of drug-likeness (QED) is 0.527. The molecule has 5 rings (SSSR count). The fourth-order valence-corrected chi connectivity index (χ4v) is 5.34. The van der Waals surface area contributed by atoms with Crippen LogP contribution in [-0.4, -0.2) is 42.1 Å². The summed E-state index contributed by atoms with van der Waals surface area (Å²) in [5, 5.41) is 3.12. The number of aryl methyl sites for hydroxylation is 1. The summed E-state index contributed by atoms with van der Waals surface area (Å²) in [5.41, 5.74) is 5.47. The summed E-state index contributed by atoms with van der Waals surface area (Å²) in [6.07, 6.45) is 4.35. The second-order valence-electron chi connectivity index (χ2n) is 9.88. The number of hydrogen-bond donors (Lipinski definition) is 1. The van der Waals surface area contributed by atoms with Gasteiger partial charge in [0, 0.05) is 31.7 Å². The fourth-order valence-electron chi connectivity index (χ4n) is 5.34. The molecular formula is C30H34N2O2. The van der Waals surface area contributed by atoms with E-state index in [2.05, 4.69) is 77.8 Å². The van der Waals surface area contributed by atoms with Crippen LogP contribution in [0.5, 0.6) is 0 Å². The summed E-state index contributed by atoms with van der Waals surface area (Å²) in [5.74, 6) is -0.0308. The Morgan fingerprint density at radius 2 is 1.68 bits per heavy atom. The number of likely N-dealkylation sites (tertiary alicyclic amines) is 1. The van der Waals surface area contributed by atoms with E-state index in [1.54, 1.807) is 0 Å². The second-order valence-corrected chi connectivity index (χ2v) is 9.88. The number of nitrogens with one attached hydrogen (secondary N) is 1. The highest BCUT2D eigenvalue weighted by Crippen LogP contribution is 2.39. The van der Waals surface area contributed by atoms with Crippen molar-refractivity contribution in [3.05, 3.63) is 95.6 Å². The predicted molar refractivity (Wildman–Crippen MR) is 137 cm³/mol. The number of hydrogen-bond acceptors (Lipinski definition) is 3. The lowest BCUT2D eigenvalue weighted by Gasteiger charge is -2.39. The average Bonchev–Trinajstić information content (AvgIpc) is 3.27. The van der Waals surface area contributed by atoms with Crippen LogP contribution in [0.2, 0.25) is 0 Å². The minimum Gasteiger partial charge on any atom is -0.370 e. The van der Waals surface area contributed by atoms with Gasteiger partial charge >= 0.3 is 0 Å². The Balaban J connectivity index is 1.12. The van der Waals surface area contributed by atoms with E-state index in [1.807, 2.05) is 18.2 Å². The molecule has 176 valence electrons. The molecule has 0 aliphatic carbocycles. The van der Waals surface area contributed by atoms with Crippen LogP contribution in [0.15, 0.2) is 78.9 Å². The third-order valence-corrected chi connectivity index (χ3v) is 7.32. The van der Waals surface area contributed by atoms with E-state index in [4.69, 9.17) is 4.74 Å². The van der Waals surface area contributed by atoms with Crippen molar-refractivity contribution in [3.63, 3.8) is 0 Å². The number of piperidine rings is 1. The molecule has 2 aliphatic heterocycles. The van der Waals surface area contributed by atoms with Crippen LogP contribution in [0.1, 0.15) is 47.2 Å². The molecule has 3 aromatic rings. The molecule has 1 atom stereocenters. The van der Waals surface area contributed by atoms with E-state index in [1.165, 1.54) is 11.1 Å². The van der Waals surface area contributed by atoms with Gasteiger partial charge in [0.25, 0.3) is 5.91 Å². The number of rotatable bonds is 6. The average molecular weight is 455 g/mol. The van der Waals surface area contributed by atoms with Crippen molar-refractivity contribution in [2.45, 2.75) is 50.9 Å². The first-order chi connectivity index (χ1) is 16.6. The van der Waals surface area contributed by atoms with Crippen molar-refractivity contribution >= 4 is 5.91 Å². The molecule has 0 radical (unpaired) electrons. The fraction of sp³-hybridized carbons (Fsp3) is 0.367. The molecule has 0 bridgehead atoms. The first-order valence-corrected chi connectivity index (χ1v) is 12.5. The molecule has 1 N–H and O–H groups in total. The molecular weight excluding hydrogens is 420 g/mol. The topological polar surface area (TPSA) is 41.6 Å². The molecule has 34 heavy (non-hydrogen) atoms. The number of nitrogens with zero attached hydrogens (tertiary/aromatic N) is 1. The Morgan fingerprint density at radius 1 is 0.941 bits per heavy atom. The summed E-state index contributed by atoms with van der Waals surface area (Å²) in [6.45, 7) is 5.81. The number of amides is 1. The van der Waals surface area contributed by atoms with Crippen molar-refractivity contribution in [2.75, 3.05) is 19.6 Å². The highest BCUT2D eigenvalue weighted by atomic mass is 16.5. The Hall–Kier alpha value is -2.95. The van der Waals surface area contributed by atoms with E-state index in [9.17, 15) is 4.79 Å². The summed E-state index contributed by atoms with van der Waals surface area (Å²) in [4.78, 5) is 15.4. The SMILES string of the molecule is Cc1cccc(-c2cccc(C(=O)NC[C@@H]3CCC4(CCN(Cc5ccccc5)CC4)O3)c2)c1. The number of carbonyl (C=O) groups is 1. The minimum absolute atomic E-state index is 0.00628. The molecule has 0 saturated carbocycles. The van der Waals surface area contributed by atoms with Crippen molar-refractivity contribution in [1.82, 2.24) is 10.2 Å². The molecule has 4 heteroatoms. The normalized spacial score (nSPS) is 19.9. The number of ether oxygens (including phenoxy) is 1. The Labute approximate surface area is 202 Å². The Kier molecular flexibility index (Phi) is 6.80. The summed E-state index contributed by atoms with van der Waals surface area (Å²) in [6, 6.07) is 26.9. The number of benzene rings is 3. The van der Waals surface area contributed by atoms with Gasteiger partial charge in [-0.15, -0.1) is 0 Å². The maximum atomic E-state index is 12.9. The molecule has 3 aromatic carbocycles. The van der Waals surface area contributed by atoms with Crippen LogP contribution in [0.4, 0.5) is 0 Å². The lowest BCUT2D eigenvalue weighted by molar-refractivity contribution is -0.0764. The third-order valence-electron chi connectivity index (χ3n) is 7.32. The zero-order chi connectivity index (χ0) is 23.4. The molecule has 2 heterocycles. The van der Waals surface area contributed by atoms with Gasteiger partial charge in [-0.05, 0) is 61.4 Å². The summed E-state index contributed by atoms with van der Waals surface area (Å²) in [7, 11) is 0. The number of carbonyl (C=O) groups excluding carboxylic acids is 1. The van der Waals surface area contributed by atoms with E-state index < -0.39 is 0 Å². The lowest BCUT2D eigenvalue weighted by atomic mass is 9.88. The highest BCUT2D eigenvalue weighted by Gasteiger charge is 2.42. The van der Waals surface area contributed by atoms with Gasteiger partial charge in [-0.3, -0.25) is 9.69 Å². The van der Waals surface area contributed by atoms with E-state index in [-0.39, 0.29) is 17.6 Å². The van der Waals surface area contributed by atoms with Gasteiger partial charge in [0.05, 0.1) is 11.7 Å². The molecule has 0 unspecified atom stereocenters. The van der Waals surface area contributed by atoms with Gasteiger partial charge in [-0.2, -0.15) is 0 Å². The van der Waals surface area contributed by atoms with Gasteiger partial charge in [-0.1, -0.05) is 72.3 Å². The van der Waals surface area contributed by atoms with Gasteiger partial charge in [0.1, 0.15) is 0 Å². The smallest absolute Gasteiger partial charge is 0.251 e. The summed E-state index contributed by atoms with van der Waals surface area (Å²) < 4.78 is 6.54. The van der Waals surface area contributed by atoms with Crippen molar-refractivity contribution in [3.8, 4) is 11.1 Å². The van der Waals surface area contributed by atoms with Gasteiger partial charge < -0.3 is 10.1 Å². The van der Waals surface area contributed by atoms with Crippen LogP contribution < -0.4 is 5.32 Å². The van der Waals surface area contributed by atoms with Crippen LogP contribution in [0.3, 0.4) is 0 Å². The zero-order valence-electron chi connectivity index (χ0n) is 20.0. The Morgan fingerprint density at radius 3 is 2.44 bits per heavy atom. The van der Waals surface area contributed by atoms with Crippen molar-refractivity contribution in [1.29, 1.82) is 0 Å². The Bertz CT molecular complexity index is 1120. The maximum Gasteiger partial charge on any atom is 0.251 e. The molecule has 2 saturated heterocycles. The van der Waals surface area contributed by atoms with Crippen LogP contribution in [0, 0.1) is 6.92 Å². The predicted octanol–water partition coefficient (Wildman–Crippen LogP) is 5.61. The second kappa shape index (κ2) is 10.1. The third kappa shape index (κ3) is 5.40. The van der Waals surface area contributed by atoms with Crippen LogP contribution in [-0.2, 0) is 11.3 Å². The lowest BCUT2D eigenvalue weighted by Crippen LogP contribution is -2.44. The monoisotopic (exact) mass is 454 g/mol. The molecule has 1 amide bonds. The molecule has 2 aliphatic rings. The minimum atomic E-state index is -0.0308. The zero-order valence-corrected chi connectivity index (χ0v) is 20.0. The van der Waals surface area contributed by atoms with Crippen molar-refractivity contribution < 1.29 is 9.53 Å². The van der Waals surface area contributed by atoms with Gasteiger partial charge in [0.2, 0.25) is 0 Å². The molecule has 2 fully saturated rings. The molecule has 0 aromatic heterocycles. The van der Waals surface area contributed by atoms with Gasteiger partial charge in [-0.25, -0.2) is 0 Å². The summed E-state index contributed by atoms with van der Waals surface area (Å²) >= 11 is 0. The van der Waals surface area contributed by atoms with Crippen molar-refractivity contribution in [2.24, 2.45) is 0 Å².